The third-order valence-electron chi connectivity index (χ3n) is 4.71. The summed E-state index contributed by atoms with van der Waals surface area (Å²) in [7, 11) is -1.05. The molecule has 1 aliphatic carbocycles. The second-order valence-electron chi connectivity index (χ2n) is 7.71. The van der Waals surface area contributed by atoms with Crippen molar-refractivity contribution in [1.82, 2.24) is 9.99 Å². The first-order valence-electron chi connectivity index (χ1n) is 8.23. The number of hydrogen-bond acceptors (Lipinski definition) is 4. The van der Waals surface area contributed by atoms with Crippen LogP contribution in [0, 0.1) is 11.3 Å². The van der Waals surface area contributed by atoms with Gasteiger partial charge in [0.15, 0.2) is 0 Å². The fourth-order valence-electron chi connectivity index (χ4n) is 2.84. The highest BCUT2D eigenvalue weighted by Gasteiger charge is 2.33. The Bertz CT molecular complexity index is 376. The summed E-state index contributed by atoms with van der Waals surface area (Å²) in [6, 6.07) is 0.771. The molecule has 2 rings (SSSR count). The van der Waals surface area contributed by atoms with Gasteiger partial charge >= 0.3 is 0 Å². The van der Waals surface area contributed by atoms with Gasteiger partial charge in [-0.05, 0) is 43.9 Å². The molecule has 1 heterocycles. The van der Waals surface area contributed by atoms with E-state index in [1.807, 2.05) is 6.20 Å². The van der Waals surface area contributed by atoms with E-state index in [9.17, 15) is 4.89 Å². The van der Waals surface area contributed by atoms with E-state index in [1.165, 1.54) is 25.7 Å². The molecule has 4 nitrogen and oxygen atoms in total. The van der Waals surface area contributed by atoms with Crippen molar-refractivity contribution in [3.05, 3.63) is 11.9 Å². The molecule has 0 aromatic heterocycles. The van der Waals surface area contributed by atoms with Crippen LogP contribution in [-0.4, -0.2) is 34.4 Å². The highest BCUT2D eigenvalue weighted by molar-refractivity contribution is 7.49. The standard InChI is InChI=1S/C16H32N3OP/c1-12-6-5-9-19(12)21(20)11-15(16(2,3)4)18-10-14(17)13-7-8-13/h10,12-13,15,18,20H,5-9,11,17H2,1-4H3/b14-10-. The molecule has 2 fully saturated rings. The first-order valence-corrected chi connectivity index (χ1v) is 9.67. The van der Waals surface area contributed by atoms with E-state index < -0.39 is 8.30 Å². The molecule has 0 amide bonds. The van der Waals surface area contributed by atoms with Crippen LogP contribution in [0.3, 0.4) is 0 Å². The van der Waals surface area contributed by atoms with Crippen LogP contribution in [0.5, 0.6) is 0 Å². The number of nitrogens with two attached hydrogens (primary N) is 1. The Morgan fingerprint density at radius 2 is 2.10 bits per heavy atom. The van der Waals surface area contributed by atoms with Crippen molar-refractivity contribution in [2.24, 2.45) is 17.1 Å². The minimum atomic E-state index is -1.05. The lowest BCUT2D eigenvalue weighted by Crippen LogP contribution is -2.42. The molecule has 21 heavy (non-hydrogen) atoms. The summed E-state index contributed by atoms with van der Waals surface area (Å²) in [6.07, 6.45) is 7.66. The van der Waals surface area contributed by atoms with Crippen LogP contribution in [0.2, 0.25) is 0 Å². The van der Waals surface area contributed by atoms with Gasteiger partial charge in [0.05, 0.1) is 0 Å². The van der Waals surface area contributed by atoms with Gasteiger partial charge in [-0.1, -0.05) is 20.8 Å². The van der Waals surface area contributed by atoms with Crippen LogP contribution in [0.25, 0.3) is 0 Å². The summed E-state index contributed by atoms with van der Waals surface area (Å²) in [5, 5.41) is 3.49. The third kappa shape index (κ3) is 4.84. The predicted molar refractivity (Wildman–Crippen MR) is 90.8 cm³/mol. The van der Waals surface area contributed by atoms with E-state index in [1.54, 1.807) is 0 Å². The molecule has 5 heteroatoms. The van der Waals surface area contributed by atoms with Gasteiger partial charge < -0.3 is 15.9 Å². The Balaban J connectivity index is 1.94. The van der Waals surface area contributed by atoms with Crippen molar-refractivity contribution >= 4 is 8.30 Å². The molecule has 0 aromatic rings. The Labute approximate surface area is 131 Å². The molecule has 2 aliphatic rings. The Morgan fingerprint density at radius 3 is 2.57 bits per heavy atom. The number of nitrogens with zero attached hydrogens (tertiary/aromatic N) is 1. The van der Waals surface area contributed by atoms with Crippen molar-refractivity contribution in [1.29, 1.82) is 0 Å². The van der Waals surface area contributed by atoms with Crippen molar-refractivity contribution in [2.45, 2.75) is 65.5 Å². The van der Waals surface area contributed by atoms with Crippen molar-refractivity contribution in [3.63, 3.8) is 0 Å². The summed E-state index contributed by atoms with van der Waals surface area (Å²) in [5.41, 5.74) is 7.15. The monoisotopic (exact) mass is 313 g/mol. The fraction of sp³-hybridized carbons (Fsp3) is 0.875. The maximum Gasteiger partial charge on any atom is 0.103 e. The zero-order chi connectivity index (χ0) is 15.6. The van der Waals surface area contributed by atoms with E-state index in [0.29, 0.717) is 12.0 Å². The van der Waals surface area contributed by atoms with Crippen LogP contribution >= 0.6 is 8.30 Å². The molecule has 1 saturated carbocycles. The highest BCUT2D eigenvalue weighted by Crippen LogP contribution is 2.44. The van der Waals surface area contributed by atoms with Gasteiger partial charge in [0.25, 0.3) is 0 Å². The van der Waals surface area contributed by atoms with Gasteiger partial charge in [0.2, 0.25) is 0 Å². The van der Waals surface area contributed by atoms with Gasteiger partial charge in [-0.25, -0.2) is 0 Å². The lowest BCUT2D eigenvalue weighted by molar-refractivity contribution is 0.301. The summed E-state index contributed by atoms with van der Waals surface area (Å²) in [5.74, 6) is 0.590. The smallest absolute Gasteiger partial charge is 0.103 e. The number of rotatable bonds is 6. The molecule has 0 spiro atoms. The molecule has 0 aromatic carbocycles. The van der Waals surface area contributed by atoms with Crippen LogP contribution in [0.1, 0.15) is 53.4 Å². The highest BCUT2D eigenvalue weighted by atomic mass is 31.2. The third-order valence-corrected chi connectivity index (χ3v) is 6.58. The van der Waals surface area contributed by atoms with E-state index in [2.05, 4.69) is 37.7 Å². The topological polar surface area (TPSA) is 61.5 Å². The zero-order valence-electron chi connectivity index (χ0n) is 14.0. The molecule has 3 unspecified atom stereocenters. The average Bonchev–Trinajstić information content (AvgIpc) is 3.15. The molecule has 3 atom stereocenters. The molecular formula is C16H32N3OP. The normalized spacial score (nSPS) is 27.7. The Kier molecular flexibility index (Phi) is 5.56. The molecule has 1 aliphatic heterocycles. The predicted octanol–water partition coefficient (Wildman–Crippen LogP) is 2.99. The van der Waals surface area contributed by atoms with Gasteiger partial charge in [-0.3, -0.25) is 4.67 Å². The second kappa shape index (κ2) is 6.85. The van der Waals surface area contributed by atoms with Crippen LogP contribution in [-0.2, 0) is 0 Å². The van der Waals surface area contributed by atoms with Crippen LogP contribution in [0.4, 0.5) is 0 Å². The summed E-state index contributed by atoms with van der Waals surface area (Å²) < 4.78 is 2.30. The van der Waals surface area contributed by atoms with E-state index in [-0.39, 0.29) is 11.5 Å². The number of hydrogen-bond donors (Lipinski definition) is 3. The zero-order valence-corrected chi connectivity index (χ0v) is 14.9. The van der Waals surface area contributed by atoms with E-state index >= 15 is 0 Å². The quantitative estimate of drug-likeness (QED) is 0.660. The first kappa shape index (κ1) is 17.1. The molecule has 4 N–H and O–H groups in total. The Hall–Kier alpha value is -0.310. The largest absolute Gasteiger partial charge is 0.401 e. The maximum atomic E-state index is 10.6. The summed E-state index contributed by atoms with van der Waals surface area (Å²) in [6.45, 7) is 9.94. The molecular weight excluding hydrogens is 281 g/mol. The van der Waals surface area contributed by atoms with Crippen molar-refractivity contribution in [2.75, 3.05) is 12.7 Å². The number of allylic oxidation sites excluding steroid dienone is 1. The molecule has 1 saturated heterocycles. The minimum Gasteiger partial charge on any atom is -0.401 e. The fourth-order valence-corrected chi connectivity index (χ4v) is 4.97. The first-order chi connectivity index (χ1) is 9.79. The lowest BCUT2D eigenvalue weighted by Gasteiger charge is -2.36. The van der Waals surface area contributed by atoms with Crippen molar-refractivity contribution in [3.8, 4) is 0 Å². The van der Waals surface area contributed by atoms with Gasteiger partial charge in [-0.2, -0.15) is 0 Å². The average molecular weight is 313 g/mol. The van der Waals surface area contributed by atoms with E-state index in [4.69, 9.17) is 5.73 Å². The molecule has 122 valence electrons. The van der Waals surface area contributed by atoms with Gasteiger partial charge in [-0.15, -0.1) is 0 Å². The van der Waals surface area contributed by atoms with Gasteiger partial charge in [0, 0.05) is 36.7 Å². The maximum absolute atomic E-state index is 10.6. The molecule has 0 radical (unpaired) electrons. The second-order valence-corrected chi connectivity index (χ2v) is 9.34. The number of nitrogens with one attached hydrogen (secondary N) is 1. The summed E-state index contributed by atoms with van der Waals surface area (Å²) >= 11 is 0. The Morgan fingerprint density at radius 1 is 1.43 bits per heavy atom. The molecule has 0 bridgehead atoms. The minimum absolute atomic E-state index is 0.104. The van der Waals surface area contributed by atoms with Gasteiger partial charge in [0.1, 0.15) is 8.30 Å². The SMILES string of the molecule is CC1CCCN1P(O)CC(N/C=C(\N)C1CC1)C(C)(C)C. The van der Waals surface area contributed by atoms with Crippen molar-refractivity contribution < 1.29 is 4.89 Å². The van der Waals surface area contributed by atoms with E-state index in [0.717, 1.165) is 18.4 Å². The van der Waals surface area contributed by atoms with Crippen LogP contribution < -0.4 is 11.1 Å². The summed E-state index contributed by atoms with van der Waals surface area (Å²) in [4.78, 5) is 10.6. The lowest BCUT2D eigenvalue weighted by atomic mass is 9.88. The van der Waals surface area contributed by atoms with Crippen LogP contribution in [0.15, 0.2) is 11.9 Å².